The molecular weight excluding hydrogens is 220 g/mol. The summed E-state index contributed by atoms with van der Waals surface area (Å²) in [6.45, 7) is 2.06. The minimum Gasteiger partial charge on any atom is -0.497 e. The zero-order valence-corrected chi connectivity index (χ0v) is 10.7. The van der Waals surface area contributed by atoms with E-state index in [2.05, 4.69) is 24.8 Å². The van der Waals surface area contributed by atoms with E-state index in [1.807, 2.05) is 48.5 Å². The fourth-order valence-corrected chi connectivity index (χ4v) is 1.69. The fourth-order valence-electron chi connectivity index (χ4n) is 1.69. The molecule has 0 saturated heterocycles. The molecule has 0 heterocycles. The van der Waals surface area contributed by atoms with Crippen molar-refractivity contribution in [3.63, 3.8) is 0 Å². The number of benzene rings is 2. The van der Waals surface area contributed by atoms with Crippen LogP contribution >= 0.6 is 0 Å². The Morgan fingerprint density at radius 3 is 2.56 bits per heavy atom. The molecule has 0 atom stereocenters. The van der Waals surface area contributed by atoms with Crippen molar-refractivity contribution in [2.45, 2.75) is 6.92 Å². The van der Waals surface area contributed by atoms with Crippen LogP contribution in [0, 0.1) is 0 Å². The Morgan fingerprint density at radius 1 is 1.06 bits per heavy atom. The maximum atomic E-state index is 5.19. The van der Waals surface area contributed by atoms with Gasteiger partial charge in [0.25, 0.3) is 0 Å². The number of allylic oxidation sites excluding steroid dienone is 1. The van der Waals surface area contributed by atoms with Gasteiger partial charge in [-0.05, 0) is 41.8 Å². The van der Waals surface area contributed by atoms with Gasteiger partial charge in [0, 0.05) is 0 Å². The molecule has 0 fully saturated rings. The third-order valence-electron chi connectivity index (χ3n) is 2.76. The highest BCUT2D eigenvalue weighted by Gasteiger charge is 1.93. The highest BCUT2D eigenvalue weighted by atomic mass is 16.5. The van der Waals surface area contributed by atoms with Gasteiger partial charge in [0.2, 0.25) is 0 Å². The second kappa shape index (κ2) is 5.90. The third kappa shape index (κ3) is 3.13. The second-order valence-corrected chi connectivity index (χ2v) is 4.06. The van der Waals surface area contributed by atoms with Crippen LogP contribution in [0.2, 0.25) is 0 Å². The molecule has 0 N–H and O–H groups in total. The predicted molar refractivity (Wildman–Crippen MR) is 76.5 cm³/mol. The summed E-state index contributed by atoms with van der Waals surface area (Å²) in [5.41, 5.74) is 6.71. The molecule has 1 nitrogen and oxygen atoms in total. The van der Waals surface area contributed by atoms with Crippen molar-refractivity contribution in [1.29, 1.82) is 0 Å². The number of ether oxygens (including phenoxy) is 1. The van der Waals surface area contributed by atoms with E-state index in [0.717, 1.165) is 16.9 Å². The van der Waals surface area contributed by atoms with Gasteiger partial charge in [0.05, 0.1) is 7.11 Å². The zero-order chi connectivity index (χ0) is 12.8. The Bertz CT molecular complexity index is 576. The smallest absolute Gasteiger partial charge is 0.119 e. The lowest BCUT2D eigenvalue weighted by Crippen LogP contribution is -1.82. The van der Waals surface area contributed by atoms with Gasteiger partial charge in [-0.25, -0.2) is 0 Å². The van der Waals surface area contributed by atoms with E-state index in [-0.39, 0.29) is 0 Å². The summed E-state index contributed by atoms with van der Waals surface area (Å²) < 4.78 is 5.19. The zero-order valence-electron chi connectivity index (χ0n) is 10.7. The SMILES string of the molecule is COc1cccc(C=C=C(C)c2ccccc2)c1. The standard InChI is InChI=1S/C17H16O/c1-14(16-8-4-3-5-9-16)11-12-15-7-6-10-17(13-15)18-2/h3-10,12-13H,1-2H3. The Morgan fingerprint density at radius 2 is 1.83 bits per heavy atom. The molecule has 0 amide bonds. The first-order valence-electron chi connectivity index (χ1n) is 5.92. The molecule has 1 heteroatoms. The van der Waals surface area contributed by atoms with Crippen molar-refractivity contribution >= 4 is 11.6 Å². The maximum absolute atomic E-state index is 5.19. The number of hydrogen-bond acceptors (Lipinski definition) is 1. The number of hydrogen-bond donors (Lipinski definition) is 0. The van der Waals surface area contributed by atoms with Gasteiger partial charge in [0.15, 0.2) is 0 Å². The van der Waals surface area contributed by atoms with Gasteiger partial charge in [-0.1, -0.05) is 42.5 Å². The Kier molecular flexibility index (Phi) is 4.01. The summed E-state index contributed by atoms with van der Waals surface area (Å²) in [6, 6.07) is 18.2. The van der Waals surface area contributed by atoms with Crippen LogP contribution in [0.15, 0.2) is 60.3 Å². The molecule has 0 aliphatic heterocycles. The first-order chi connectivity index (χ1) is 8.79. The van der Waals surface area contributed by atoms with Gasteiger partial charge in [-0.3, -0.25) is 0 Å². The number of rotatable bonds is 3. The molecule has 0 bridgehead atoms. The van der Waals surface area contributed by atoms with E-state index < -0.39 is 0 Å². The van der Waals surface area contributed by atoms with E-state index in [1.165, 1.54) is 5.56 Å². The van der Waals surface area contributed by atoms with Crippen molar-refractivity contribution in [3.8, 4) is 5.75 Å². The van der Waals surface area contributed by atoms with Crippen LogP contribution in [0.5, 0.6) is 5.75 Å². The Balaban J connectivity index is 2.29. The summed E-state index contributed by atoms with van der Waals surface area (Å²) in [4.78, 5) is 0. The van der Waals surface area contributed by atoms with Gasteiger partial charge in [-0.15, -0.1) is 5.73 Å². The van der Waals surface area contributed by atoms with Crippen molar-refractivity contribution in [2.75, 3.05) is 7.11 Å². The molecule has 2 aromatic carbocycles. The van der Waals surface area contributed by atoms with E-state index in [0.29, 0.717) is 0 Å². The summed E-state index contributed by atoms with van der Waals surface area (Å²) in [6.07, 6.45) is 1.98. The molecule has 0 unspecified atom stereocenters. The topological polar surface area (TPSA) is 9.23 Å². The van der Waals surface area contributed by atoms with Crippen LogP contribution in [0.25, 0.3) is 11.6 Å². The highest BCUT2D eigenvalue weighted by Crippen LogP contribution is 2.15. The Hall–Kier alpha value is -2.24. The average Bonchev–Trinajstić information content (AvgIpc) is 2.46. The lowest BCUT2D eigenvalue weighted by molar-refractivity contribution is 0.414. The van der Waals surface area contributed by atoms with Crippen LogP contribution in [-0.4, -0.2) is 7.11 Å². The second-order valence-electron chi connectivity index (χ2n) is 4.06. The molecular formula is C17H16O. The van der Waals surface area contributed by atoms with Crippen LogP contribution in [0.3, 0.4) is 0 Å². The molecule has 0 spiro atoms. The molecule has 0 saturated carbocycles. The number of methoxy groups -OCH3 is 1. The molecule has 18 heavy (non-hydrogen) atoms. The largest absolute Gasteiger partial charge is 0.497 e. The minimum absolute atomic E-state index is 0.864. The van der Waals surface area contributed by atoms with E-state index >= 15 is 0 Å². The Labute approximate surface area is 108 Å². The van der Waals surface area contributed by atoms with Gasteiger partial charge in [-0.2, -0.15) is 0 Å². The first-order valence-corrected chi connectivity index (χ1v) is 5.92. The van der Waals surface area contributed by atoms with Crippen LogP contribution in [-0.2, 0) is 0 Å². The van der Waals surface area contributed by atoms with Crippen molar-refractivity contribution in [3.05, 3.63) is 71.5 Å². The van der Waals surface area contributed by atoms with Crippen molar-refractivity contribution in [1.82, 2.24) is 0 Å². The molecule has 0 aliphatic carbocycles. The molecule has 0 aromatic heterocycles. The van der Waals surface area contributed by atoms with E-state index in [9.17, 15) is 0 Å². The molecule has 2 rings (SSSR count). The molecule has 0 aliphatic rings. The van der Waals surface area contributed by atoms with Crippen LogP contribution in [0.1, 0.15) is 18.1 Å². The summed E-state index contributed by atoms with van der Waals surface area (Å²) >= 11 is 0. The van der Waals surface area contributed by atoms with Crippen LogP contribution in [0.4, 0.5) is 0 Å². The highest BCUT2D eigenvalue weighted by molar-refractivity contribution is 5.67. The lowest BCUT2D eigenvalue weighted by atomic mass is 10.1. The van der Waals surface area contributed by atoms with Gasteiger partial charge in [0.1, 0.15) is 5.75 Å². The van der Waals surface area contributed by atoms with E-state index in [4.69, 9.17) is 4.74 Å². The normalized spacial score (nSPS) is 9.44. The average molecular weight is 236 g/mol. The molecule has 0 radical (unpaired) electrons. The van der Waals surface area contributed by atoms with E-state index in [1.54, 1.807) is 7.11 Å². The maximum Gasteiger partial charge on any atom is 0.119 e. The van der Waals surface area contributed by atoms with Crippen molar-refractivity contribution < 1.29 is 4.74 Å². The summed E-state index contributed by atoms with van der Waals surface area (Å²) in [5.74, 6) is 0.864. The molecule has 2 aromatic rings. The minimum atomic E-state index is 0.864. The molecule has 90 valence electrons. The van der Waals surface area contributed by atoms with Gasteiger partial charge >= 0.3 is 0 Å². The van der Waals surface area contributed by atoms with Crippen LogP contribution < -0.4 is 4.74 Å². The lowest BCUT2D eigenvalue weighted by Gasteiger charge is -1.99. The summed E-state index contributed by atoms with van der Waals surface area (Å²) in [5, 5.41) is 0. The van der Waals surface area contributed by atoms with Crippen molar-refractivity contribution in [2.24, 2.45) is 0 Å². The van der Waals surface area contributed by atoms with Gasteiger partial charge < -0.3 is 4.74 Å². The first kappa shape index (κ1) is 12.2. The predicted octanol–water partition coefficient (Wildman–Crippen LogP) is 4.41. The quantitative estimate of drug-likeness (QED) is 0.717. The third-order valence-corrected chi connectivity index (χ3v) is 2.76. The monoisotopic (exact) mass is 236 g/mol. The summed E-state index contributed by atoms with van der Waals surface area (Å²) in [7, 11) is 1.67. The fraction of sp³-hybridized carbons (Fsp3) is 0.118.